The van der Waals surface area contributed by atoms with E-state index >= 15 is 0 Å². The van der Waals surface area contributed by atoms with E-state index in [0.29, 0.717) is 19.1 Å². The molecule has 0 unspecified atom stereocenters. The van der Waals surface area contributed by atoms with E-state index in [0.717, 1.165) is 25.3 Å². The number of halogens is 3. The number of piperidine rings is 1. The molecule has 3 nitrogen and oxygen atoms in total. The number of rotatable bonds is 5. The Hall–Kier alpha value is -0.430. The minimum Gasteiger partial charge on any atom is -0.342 e. The molecule has 1 aliphatic heterocycles. The normalized spacial score (nSPS) is 21.7. The van der Waals surface area contributed by atoms with Crippen LogP contribution in [0.3, 0.4) is 0 Å². The predicted octanol–water partition coefficient (Wildman–Crippen LogP) is 2.23. The fourth-order valence-corrected chi connectivity index (χ4v) is 2.69. The number of carbonyl (C=O) groups excluding carboxylic acids is 1. The zero-order chi connectivity index (χ0) is 13.9. The van der Waals surface area contributed by atoms with Crippen molar-refractivity contribution < 1.29 is 18.0 Å². The topological polar surface area (TPSA) is 32.3 Å². The van der Waals surface area contributed by atoms with Gasteiger partial charge in [0.15, 0.2) is 0 Å². The van der Waals surface area contributed by atoms with Crippen molar-refractivity contribution in [2.45, 2.75) is 37.2 Å². The zero-order valence-electron chi connectivity index (χ0n) is 10.7. The zero-order valence-corrected chi connectivity index (χ0v) is 11.5. The van der Waals surface area contributed by atoms with Gasteiger partial charge in [0.25, 0.3) is 0 Å². The molecule has 1 saturated heterocycles. The molecule has 2 fully saturated rings. The van der Waals surface area contributed by atoms with Gasteiger partial charge in [-0.2, -0.15) is 13.2 Å². The Balaban J connectivity index is 1.62. The second-order valence-corrected chi connectivity index (χ2v) is 6.28. The summed E-state index contributed by atoms with van der Waals surface area (Å²) in [6.07, 6.45) is 4.29. The van der Waals surface area contributed by atoms with Crippen molar-refractivity contribution in [2.24, 2.45) is 5.92 Å². The van der Waals surface area contributed by atoms with E-state index in [2.05, 4.69) is 5.32 Å². The molecule has 0 aromatic rings. The monoisotopic (exact) mass is 296 g/mol. The van der Waals surface area contributed by atoms with Crippen molar-refractivity contribution in [3.8, 4) is 0 Å². The second-order valence-electron chi connectivity index (χ2n) is 5.24. The van der Waals surface area contributed by atoms with Crippen molar-refractivity contribution in [2.75, 3.05) is 25.4 Å². The quantitative estimate of drug-likeness (QED) is 0.844. The fraction of sp³-hybridized carbons (Fsp3) is 0.917. The van der Waals surface area contributed by atoms with Crippen LogP contribution in [0.1, 0.15) is 25.7 Å². The highest BCUT2D eigenvalue weighted by Crippen LogP contribution is 2.30. The predicted molar refractivity (Wildman–Crippen MR) is 68.8 cm³/mol. The summed E-state index contributed by atoms with van der Waals surface area (Å²) in [6.45, 7) is 2.18. The lowest BCUT2D eigenvalue weighted by atomic mass is 10.0. The maximum absolute atomic E-state index is 12.0. The van der Waals surface area contributed by atoms with Crippen LogP contribution < -0.4 is 5.32 Å². The average Bonchev–Trinajstić information content (AvgIpc) is 3.17. The van der Waals surface area contributed by atoms with Crippen LogP contribution in [-0.2, 0) is 4.79 Å². The first-order chi connectivity index (χ1) is 8.94. The first kappa shape index (κ1) is 15.0. The highest BCUT2D eigenvalue weighted by atomic mass is 32.2. The maximum Gasteiger partial charge on any atom is 0.442 e. The van der Waals surface area contributed by atoms with Crippen LogP contribution in [0.4, 0.5) is 13.2 Å². The molecule has 0 radical (unpaired) electrons. The van der Waals surface area contributed by atoms with Crippen LogP contribution in [0.15, 0.2) is 0 Å². The van der Waals surface area contributed by atoms with E-state index in [-0.39, 0.29) is 11.8 Å². The summed E-state index contributed by atoms with van der Waals surface area (Å²) in [5.41, 5.74) is -4.32. The van der Waals surface area contributed by atoms with Gasteiger partial charge in [0.1, 0.15) is 0 Å². The molecular formula is C12H19F3N2OS. The number of likely N-dealkylation sites (tertiary alicyclic amines) is 1. The van der Waals surface area contributed by atoms with Gasteiger partial charge in [-0.1, -0.05) is 0 Å². The van der Waals surface area contributed by atoms with E-state index in [1.807, 2.05) is 0 Å². The average molecular weight is 296 g/mol. The number of hydrogen-bond donors (Lipinski definition) is 1. The summed E-state index contributed by atoms with van der Waals surface area (Å²) in [5.74, 6) is -0.0743. The molecule has 110 valence electrons. The minimum atomic E-state index is -4.32. The largest absolute Gasteiger partial charge is 0.442 e. The molecule has 1 aliphatic carbocycles. The molecular weight excluding hydrogens is 277 g/mol. The van der Waals surface area contributed by atoms with Crippen LogP contribution in [0, 0.1) is 5.92 Å². The van der Waals surface area contributed by atoms with Gasteiger partial charge in [0.2, 0.25) is 5.91 Å². The number of amides is 1. The summed E-state index contributed by atoms with van der Waals surface area (Å²) in [4.78, 5) is 13.2. The molecule has 0 aromatic heterocycles. The lowest BCUT2D eigenvalue weighted by Crippen LogP contribution is -2.46. The Morgan fingerprint density at radius 1 is 1.21 bits per heavy atom. The van der Waals surface area contributed by atoms with E-state index < -0.39 is 17.2 Å². The number of nitrogens with zero attached hydrogens (tertiary/aromatic N) is 1. The SMILES string of the molecule is O=C(CSC(F)(F)F)N1CCC(NCC2CC2)CC1. The number of thioether (sulfide) groups is 1. The molecule has 2 rings (SSSR count). The fourth-order valence-electron chi connectivity index (χ4n) is 2.22. The van der Waals surface area contributed by atoms with Crippen molar-refractivity contribution in [1.29, 1.82) is 0 Å². The lowest BCUT2D eigenvalue weighted by Gasteiger charge is -2.32. The van der Waals surface area contributed by atoms with Crippen LogP contribution in [0.25, 0.3) is 0 Å². The van der Waals surface area contributed by atoms with Crippen molar-refractivity contribution in [1.82, 2.24) is 10.2 Å². The number of carbonyl (C=O) groups is 1. The third-order valence-electron chi connectivity index (χ3n) is 3.60. The molecule has 7 heteroatoms. The first-order valence-corrected chi connectivity index (χ1v) is 7.64. The molecule has 2 aliphatic rings. The van der Waals surface area contributed by atoms with Crippen molar-refractivity contribution >= 4 is 17.7 Å². The Kier molecular flexibility index (Phi) is 5.00. The highest BCUT2D eigenvalue weighted by Gasteiger charge is 2.31. The van der Waals surface area contributed by atoms with Gasteiger partial charge in [-0.25, -0.2) is 0 Å². The van der Waals surface area contributed by atoms with Crippen molar-refractivity contribution in [3.05, 3.63) is 0 Å². The molecule has 0 bridgehead atoms. The van der Waals surface area contributed by atoms with Gasteiger partial charge in [0, 0.05) is 19.1 Å². The number of alkyl halides is 3. The van der Waals surface area contributed by atoms with Crippen LogP contribution >= 0.6 is 11.8 Å². The van der Waals surface area contributed by atoms with Crippen LogP contribution in [0.2, 0.25) is 0 Å². The van der Waals surface area contributed by atoms with Gasteiger partial charge in [-0.05, 0) is 49.9 Å². The van der Waals surface area contributed by atoms with Crippen molar-refractivity contribution in [3.63, 3.8) is 0 Å². The Morgan fingerprint density at radius 3 is 2.37 bits per heavy atom. The Labute approximate surface area is 115 Å². The van der Waals surface area contributed by atoms with Gasteiger partial charge in [-0.15, -0.1) is 0 Å². The highest BCUT2D eigenvalue weighted by molar-refractivity contribution is 8.00. The Morgan fingerprint density at radius 2 is 1.84 bits per heavy atom. The van der Waals surface area contributed by atoms with E-state index in [9.17, 15) is 18.0 Å². The smallest absolute Gasteiger partial charge is 0.342 e. The molecule has 1 heterocycles. The van der Waals surface area contributed by atoms with E-state index in [1.54, 1.807) is 4.90 Å². The van der Waals surface area contributed by atoms with Crippen LogP contribution in [-0.4, -0.2) is 47.7 Å². The van der Waals surface area contributed by atoms with E-state index in [1.165, 1.54) is 12.8 Å². The minimum absolute atomic E-state index is 0.248. The molecule has 0 spiro atoms. The lowest BCUT2D eigenvalue weighted by molar-refractivity contribution is -0.129. The molecule has 1 amide bonds. The van der Waals surface area contributed by atoms with Gasteiger partial charge in [-0.3, -0.25) is 4.79 Å². The summed E-state index contributed by atoms with van der Waals surface area (Å²) in [5, 5.41) is 3.48. The van der Waals surface area contributed by atoms with Gasteiger partial charge < -0.3 is 10.2 Å². The Bertz CT molecular complexity index is 313. The third-order valence-corrected chi connectivity index (χ3v) is 4.32. The van der Waals surface area contributed by atoms with E-state index in [4.69, 9.17) is 0 Å². The van der Waals surface area contributed by atoms with Gasteiger partial charge in [0.05, 0.1) is 5.75 Å². The number of nitrogens with one attached hydrogen (secondary N) is 1. The summed E-state index contributed by atoms with van der Waals surface area (Å²) in [6, 6.07) is 0.417. The third kappa shape index (κ3) is 5.60. The maximum atomic E-state index is 12.0. The standard InChI is InChI=1S/C12H19F3N2OS/c13-12(14,15)19-8-11(18)17-5-3-10(4-6-17)16-7-9-1-2-9/h9-10,16H,1-8H2. The molecule has 0 atom stereocenters. The first-order valence-electron chi connectivity index (χ1n) is 6.66. The molecule has 1 N–H and O–H groups in total. The summed E-state index contributed by atoms with van der Waals surface area (Å²) >= 11 is -0.248. The molecule has 0 aromatic carbocycles. The summed E-state index contributed by atoms with van der Waals surface area (Å²) < 4.78 is 36.0. The summed E-state index contributed by atoms with van der Waals surface area (Å²) in [7, 11) is 0. The van der Waals surface area contributed by atoms with Crippen LogP contribution in [0.5, 0.6) is 0 Å². The van der Waals surface area contributed by atoms with Gasteiger partial charge >= 0.3 is 5.51 Å². The molecule has 19 heavy (non-hydrogen) atoms. The number of hydrogen-bond acceptors (Lipinski definition) is 3. The second kappa shape index (κ2) is 6.35. The molecule has 1 saturated carbocycles.